The molecule has 0 aliphatic carbocycles. The summed E-state index contributed by atoms with van der Waals surface area (Å²) in [6.45, 7) is 2.83. The van der Waals surface area contributed by atoms with E-state index in [4.69, 9.17) is 4.74 Å². The second-order valence-corrected chi connectivity index (χ2v) is 7.50. The molecule has 1 fully saturated rings. The van der Waals surface area contributed by atoms with Crippen LogP contribution in [0.2, 0.25) is 0 Å². The van der Waals surface area contributed by atoms with Gasteiger partial charge in [0.1, 0.15) is 12.4 Å². The van der Waals surface area contributed by atoms with Gasteiger partial charge in [-0.1, -0.05) is 18.2 Å². The van der Waals surface area contributed by atoms with Gasteiger partial charge < -0.3 is 10.1 Å². The molecule has 0 bridgehead atoms. The monoisotopic (exact) mass is 296 g/mol. The van der Waals surface area contributed by atoms with E-state index >= 15 is 0 Å². The average molecular weight is 296 g/mol. The summed E-state index contributed by atoms with van der Waals surface area (Å²) in [5, 5.41) is 2.95. The first kappa shape index (κ1) is 13.9. The number of nitrogens with one attached hydrogen (secondary N) is 1. The van der Waals surface area contributed by atoms with Crippen molar-refractivity contribution in [2.24, 2.45) is 0 Å². The van der Waals surface area contributed by atoms with E-state index in [0.717, 1.165) is 24.4 Å². The minimum Gasteiger partial charge on any atom is -0.492 e. The van der Waals surface area contributed by atoms with Crippen LogP contribution in [0.4, 0.5) is 0 Å². The molecule has 2 aliphatic rings. The zero-order valence-electron chi connectivity index (χ0n) is 11.4. The van der Waals surface area contributed by atoms with Crippen LogP contribution in [-0.2, 0) is 16.6 Å². The predicted octanol–water partition coefficient (Wildman–Crippen LogP) is 0.963. The van der Waals surface area contributed by atoms with E-state index in [2.05, 4.69) is 5.32 Å². The Labute approximate surface area is 120 Å². The van der Waals surface area contributed by atoms with Gasteiger partial charge in [0.15, 0.2) is 0 Å². The van der Waals surface area contributed by atoms with E-state index in [1.54, 1.807) is 4.31 Å². The first-order valence-electron chi connectivity index (χ1n) is 7.08. The number of nitrogens with zero attached hydrogens (tertiary/aromatic N) is 1. The average Bonchev–Trinajstić information content (AvgIpc) is 2.71. The molecule has 3 rings (SSSR count). The second-order valence-electron chi connectivity index (χ2n) is 5.28. The minimum atomic E-state index is -3.24. The fourth-order valence-electron chi connectivity index (χ4n) is 2.82. The maximum atomic E-state index is 12.7. The first-order valence-corrected chi connectivity index (χ1v) is 8.58. The Morgan fingerprint density at radius 1 is 1.20 bits per heavy atom. The van der Waals surface area contributed by atoms with Crippen LogP contribution < -0.4 is 10.1 Å². The Kier molecular flexibility index (Phi) is 3.96. The summed E-state index contributed by atoms with van der Waals surface area (Å²) in [7, 11) is -3.24. The fraction of sp³-hybridized carbons (Fsp3) is 0.571. The lowest BCUT2D eigenvalue weighted by Crippen LogP contribution is -2.44. The summed E-state index contributed by atoms with van der Waals surface area (Å²) in [5.41, 5.74) is 0.947. The molecule has 5 nitrogen and oxygen atoms in total. The van der Waals surface area contributed by atoms with Crippen molar-refractivity contribution in [1.29, 1.82) is 0 Å². The molecule has 110 valence electrons. The van der Waals surface area contributed by atoms with E-state index in [-0.39, 0.29) is 5.25 Å². The van der Waals surface area contributed by atoms with Crippen LogP contribution in [0.1, 0.15) is 18.4 Å². The van der Waals surface area contributed by atoms with Gasteiger partial charge in [0.2, 0.25) is 10.0 Å². The summed E-state index contributed by atoms with van der Waals surface area (Å²) in [4.78, 5) is 0. The van der Waals surface area contributed by atoms with Gasteiger partial charge in [0.05, 0.1) is 5.25 Å². The number of hydrogen-bond donors (Lipinski definition) is 1. The normalized spacial score (nSPS) is 21.8. The molecule has 0 saturated carbocycles. The van der Waals surface area contributed by atoms with Crippen LogP contribution in [0.25, 0.3) is 0 Å². The molecule has 0 aromatic heterocycles. The molecule has 6 heteroatoms. The number of fused-ring (bicyclic) bond motifs is 1. The number of piperidine rings is 1. The van der Waals surface area contributed by atoms with Crippen LogP contribution in [-0.4, -0.2) is 44.2 Å². The lowest BCUT2D eigenvalue weighted by atomic mass is 10.2. The Morgan fingerprint density at radius 3 is 2.75 bits per heavy atom. The summed E-state index contributed by atoms with van der Waals surface area (Å²) in [6.07, 6.45) is 1.39. The van der Waals surface area contributed by atoms with Gasteiger partial charge in [-0.05, 0) is 32.0 Å². The molecular formula is C14H20N2O3S. The van der Waals surface area contributed by atoms with Crippen LogP contribution >= 0.6 is 0 Å². The van der Waals surface area contributed by atoms with E-state index in [9.17, 15) is 8.42 Å². The first-order chi connectivity index (χ1) is 9.68. The third-order valence-corrected chi connectivity index (χ3v) is 6.33. The predicted molar refractivity (Wildman–Crippen MR) is 77.2 cm³/mol. The highest BCUT2D eigenvalue weighted by atomic mass is 32.2. The van der Waals surface area contributed by atoms with Gasteiger partial charge in [-0.15, -0.1) is 0 Å². The molecule has 1 aromatic rings. The number of hydrogen-bond acceptors (Lipinski definition) is 4. The van der Waals surface area contributed by atoms with Crippen molar-refractivity contribution in [2.75, 3.05) is 26.2 Å². The Hall–Kier alpha value is -1.11. The van der Waals surface area contributed by atoms with Crippen molar-refractivity contribution in [3.63, 3.8) is 0 Å². The van der Waals surface area contributed by atoms with E-state index in [1.807, 2.05) is 24.3 Å². The molecule has 1 N–H and O–H groups in total. The second kappa shape index (κ2) is 5.71. The number of rotatable bonds is 2. The number of para-hydroxylation sites is 1. The maximum absolute atomic E-state index is 12.7. The highest BCUT2D eigenvalue weighted by Crippen LogP contribution is 2.26. The number of ether oxygens (including phenoxy) is 1. The van der Waals surface area contributed by atoms with Gasteiger partial charge >= 0.3 is 0 Å². The molecule has 2 aliphatic heterocycles. The van der Waals surface area contributed by atoms with Crippen LogP contribution in [0, 0.1) is 0 Å². The molecular weight excluding hydrogens is 276 g/mol. The standard InChI is InChI=1S/C14H20N2O3S/c17-20(18,13-5-7-15-8-6-13)16-9-10-19-14-4-2-1-3-12(14)11-16/h1-4,13,15H,5-11H2. The lowest BCUT2D eigenvalue weighted by Gasteiger charge is -2.28. The molecule has 0 spiro atoms. The summed E-state index contributed by atoms with van der Waals surface area (Å²) < 4.78 is 32.7. The Balaban J connectivity index is 1.83. The molecule has 1 saturated heterocycles. The molecule has 0 amide bonds. The zero-order chi connectivity index (χ0) is 14.0. The van der Waals surface area contributed by atoms with Crippen molar-refractivity contribution < 1.29 is 13.2 Å². The summed E-state index contributed by atoms with van der Waals surface area (Å²) >= 11 is 0. The Morgan fingerprint density at radius 2 is 1.95 bits per heavy atom. The number of benzene rings is 1. The van der Waals surface area contributed by atoms with Crippen molar-refractivity contribution in [2.45, 2.75) is 24.6 Å². The summed E-state index contributed by atoms with van der Waals surface area (Å²) in [6, 6.07) is 7.67. The Bertz CT molecular complexity index is 568. The van der Waals surface area contributed by atoms with Crippen LogP contribution in [0.15, 0.2) is 24.3 Å². The highest BCUT2D eigenvalue weighted by Gasteiger charge is 2.34. The van der Waals surface area contributed by atoms with Gasteiger partial charge in [0.25, 0.3) is 0 Å². The highest BCUT2D eigenvalue weighted by molar-refractivity contribution is 7.89. The van der Waals surface area contributed by atoms with E-state index in [1.165, 1.54) is 0 Å². The molecule has 0 unspecified atom stereocenters. The SMILES string of the molecule is O=S(=O)(C1CCNCC1)N1CCOc2ccccc2C1. The van der Waals surface area contributed by atoms with Crippen molar-refractivity contribution >= 4 is 10.0 Å². The molecule has 0 radical (unpaired) electrons. The fourth-order valence-corrected chi connectivity index (χ4v) is 4.72. The quantitative estimate of drug-likeness (QED) is 0.883. The third-order valence-electron chi connectivity index (χ3n) is 3.98. The van der Waals surface area contributed by atoms with Crippen molar-refractivity contribution in [3.05, 3.63) is 29.8 Å². The molecule has 1 aromatic carbocycles. The molecule has 2 heterocycles. The minimum absolute atomic E-state index is 0.256. The topological polar surface area (TPSA) is 58.6 Å². The van der Waals surface area contributed by atoms with Gasteiger partial charge in [-0.3, -0.25) is 0 Å². The van der Waals surface area contributed by atoms with Gasteiger partial charge in [-0.25, -0.2) is 8.42 Å². The summed E-state index contributed by atoms with van der Waals surface area (Å²) in [5.74, 6) is 0.801. The molecule has 0 atom stereocenters. The van der Waals surface area contributed by atoms with Crippen LogP contribution in [0.3, 0.4) is 0 Å². The molecule has 20 heavy (non-hydrogen) atoms. The van der Waals surface area contributed by atoms with Crippen molar-refractivity contribution in [1.82, 2.24) is 9.62 Å². The smallest absolute Gasteiger partial charge is 0.217 e. The van der Waals surface area contributed by atoms with Crippen LogP contribution in [0.5, 0.6) is 5.75 Å². The third kappa shape index (κ3) is 2.68. The lowest BCUT2D eigenvalue weighted by molar-refractivity contribution is 0.290. The van der Waals surface area contributed by atoms with Gasteiger partial charge in [-0.2, -0.15) is 4.31 Å². The largest absolute Gasteiger partial charge is 0.492 e. The van der Waals surface area contributed by atoms with E-state index in [0.29, 0.717) is 32.5 Å². The van der Waals surface area contributed by atoms with Gasteiger partial charge in [0, 0.05) is 18.7 Å². The maximum Gasteiger partial charge on any atom is 0.217 e. The van der Waals surface area contributed by atoms with E-state index < -0.39 is 10.0 Å². The van der Waals surface area contributed by atoms with Crippen molar-refractivity contribution in [3.8, 4) is 5.75 Å². The number of sulfonamides is 1. The zero-order valence-corrected chi connectivity index (χ0v) is 12.2.